The summed E-state index contributed by atoms with van der Waals surface area (Å²) in [6, 6.07) is 9.67. The Labute approximate surface area is 230 Å². The number of pyridine rings is 1. The lowest BCUT2D eigenvalue weighted by Crippen LogP contribution is -2.17. The highest BCUT2D eigenvalue weighted by molar-refractivity contribution is 7.21. The van der Waals surface area contributed by atoms with E-state index in [4.69, 9.17) is 15.2 Å². The number of hydrogen-bond acceptors (Lipinski definition) is 8. The average molecular weight is 568 g/mol. The minimum Gasteiger partial charge on any atom is -0.497 e. The van der Waals surface area contributed by atoms with E-state index in [1.807, 2.05) is 0 Å². The van der Waals surface area contributed by atoms with Gasteiger partial charge in [0, 0.05) is 30.4 Å². The van der Waals surface area contributed by atoms with Gasteiger partial charge < -0.3 is 20.5 Å². The van der Waals surface area contributed by atoms with Crippen LogP contribution in [0.15, 0.2) is 48.8 Å². The lowest BCUT2D eigenvalue weighted by Gasteiger charge is -2.10. The first kappa shape index (κ1) is 26.7. The van der Waals surface area contributed by atoms with Crippen LogP contribution in [0.4, 0.5) is 14.5 Å². The summed E-state index contributed by atoms with van der Waals surface area (Å²) in [7, 11) is 3.26. The number of nitrogens with zero attached hydrogens (tertiary/aromatic N) is 5. The van der Waals surface area contributed by atoms with E-state index in [9.17, 15) is 18.4 Å². The van der Waals surface area contributed by atoms with E-state index < -0.39 is 23.9 Å². The first-order valence-electron chi connectivity index (χ1n) is 11.8. The van der Waals surface area contributed by atoms with Gasteiger partial charge in [0.1, 0.15) is 26.9 Å². The van der Waals surface area contributed by atoms with Crippen LogP contribution in [0, 0.1) is 6.92 Å². The molecule has 0 aliphatic heterocycles. The topological polar surface area (TPSA) is 139 Å². The number of primary amides is 1. The monoisotopic (exact) mass is 567 g/mol. The second-order valence-corrected chi connectivity index (χ2v) is 9.69. The number of alkyl halides is 2. The average Bonchev–Trinajstić information content (AvgIpc) is 3.64. The molecule has 0 spiro atoms. The van der Waals surface area contributed by atoms with Crippen molar-refractivity contribution in [1.29, 1.82) is 0 Å². The highest BCUT2D eigenvalue weighted by Gasteiger charge is 2.26. The molecule has 0 unspecified atom stereocenters. The van der Waals surface area contributed by atoms with Crippen molar-refractivity contribution < 1.29 is 27.8 Å². The molecule has 0 aliphatic rings. The highest BCUT2D eigenvalue weighted by Crippen LogP contribution is 2.43. The number of carbonyl (C=O) groups excluding carboxylic acids is 2. The molecule has 0 radical (unpaired) electrons. The van der Waals surface area contributed by atoms with E-state index in [0.29, 0.717) is 33.7 Å². The Morgan fingerprint density at radius 1 is 1.12 bits per heavy atom. The molecular weight excluding hydrogens is 544 g/mol. The largest absolute Gasteiger partial charge is 0.497 e. The number of ether oxygens (including phenoxy) is 2. The van der Waals surface area contributed by atoms with Gasteiger partial charge in [0.05, 0.1) is 18.5 Å². The van der Waals surface area contributed by atoms with Crippen LogP contribution in [0.3, 0.4) is 0 Å². The van der Waals surface area contributed by atoms with Gasteiger partial charge in [-0.3, -0.25) is 14.3 Å². The van der Waals surface area contributed by atoms with Crippen molar-refractivity contribution in [2.75, 3.05) is 12.4 Å². The number of halogens is 2. The Morgan fingerprint density at radius 3 is 2.48 bits per heavy atom. The second kappa shape index (κ2) is 10.7. The van der Waals surface area contributed by atoms with Crippen LogP contribution in [0.2, 0.25) is 0 Å². The number of aromatic nitrogens is 5. The molecule has 5 rings (SSSR count). The fraction of sp³-hybridized carbons (Fsp3) is 0.192. The first-order valence-corrected chi connectivity index (χ1v) is 12.6. The minimum atomic E-state index is -2.86. The fourth-order valence-electron chi connectivity index (χ4n) is 4.14. The van der Waals surface area contributed by atoms with Crippen LogP contribution in [0.5, 0.6) is 11.5 Å². The normalized spacial score (nSPS) is 11.2. The van der Waals surface area contributed by atoms with E-state index in [1.54, 1.807) is 62.4 Å². The molecule has 0 atom stereocenters. The van der Waals surface area contributed by atoms with Gasteiger partial charge in [-0.2, -0.15) is 10.2 Å². The molecule has 4 heterocycles. The molecule has 0 aliphatic carbocycles. The number of nitrogens with two attached hydrogens (primary N) is 1. The molecule has 206 valence electrons. The summed E-state index contributed by atoms with van der Waals surface area (Å²) in [5, 5.41) is 11.5. The number of anilines is 1. The van der Waals surface area contributed by atoms with Gasteiger partial charge in [-0.05, 0) is 48.9 Å². The van der Waals surface area contributed by atoms with Gasteiger partial charge in [0.25, 0.3) is 18.2 Å². The van der Waals surface area contributed by atoms with Gasteiger partial charge >= 0.3 is 0 Å². The number of amides is 2. The smallest absolute Gasteiger partial charge is 0.280 e. The Kier molecular flexibility index (Phi) is 7.17. The molecule has 1 aromatic carbocycles. The Hall–Kier alpha value is -4.85. The molecule has 3 N–H and O–H groups in total. The molecule has 5 aromatic rings. The summed E-state index contributed by atoms with van der Waals surface area (Å²) in [6.45, 7) is 1.75. The molecule has 11 nitrogen and oxygen atoms in total. The number of carbonyl (C=O) groups is 2. The Bertz CT molecular complexity index is 1730. The molecule has 14 heteroatoms. The zero-order chi connectivity index (χ0) is 28.6. The lowest BCUT2D eigenvalue weighted by atomic mass is 10.0. The van der Waals surface area contributed by atoms with Gasteiger partial charge in [0.15, 0.2) is 12.4 Å². The number of methoxy groups -OCH3 is 1. The van der Waals surface area contributed by atoms with Crippen LogP contribution in [0.25, 0.3) is 21.3 Å². The van der Waals surface area contributed by atoms with E-state index in [-0.39, 0.29) is 27.8 Å². The van der Waals surface area contributed by atoms with E-state index >= 15 is 0 Å². The van der Waals surface area contributed by atoms with Crippen molar-refractivity contribution in [2.45, 2.75) is 20.1 Å². The van der Waals surface area contributed by atoms with Crippen molar-refractivity contribution in [3.05, 3.63) is 70.8 Å². The molecule has 40 heavy (non-hydrogen) atoms. The third-order valence-corrected chi connectivity index (χ3v) is 7.07. The van der Waals surface area contributed by atoms with E-state index in [1.165, 1.54) is 16.8 Å². The first-order chi connectivity index (χ1) is 19.1. The van der Waals surface area contributed by atoms with Gasteiger partial charge in [0.2, 0.25) is 0 Å². The van der Waals surface area contributed by atoms with E-state index in [0.717, 1.165) is 11.3 Å². The van der Waals surface area contributed by atoms with Gasteiger partial charge in [-0.1, -0.05) is 0 Å². The maximum Gasteiger partial charge on any atom is 0.280 e. The molecule has 0 fully saturated rings. The summed E-state index contributed by atoms with van der Waals surface area (Å²) in [5.41, 5.74) is 6.68. The summed E-state index contributed by atoms with van der Waals surface area (Å²) >= 11 is 0.820. The maximum absolute atomic E-state index is 13.7. The number of thiophene rings is 1. The Balaban J connectivity index is 1.48. The summed E-state index contributed by atoms with van der Waals surface area (Å²) in [4.78, 5) is 29.7. The standard InChI is InChI=1S/C26H23F2N7O4S/c1-13-17(11-34(2)32-13)16-10-19(23(27)28)30-26-20(16)21(22(40-26)24(29)36)31-25(37)18-8-9-35(33-18)12-39-15-6-4-14(38-3)5-7-15/h4-11,23H,12H2,1-3H3,(H2,29,36)(H,31,37). The number of hydrogen-bond donors (Lipinski definition) is 2. The van der Waals surface area contributed by atoms with Crippen molar-refractivity contribution in [2.24, 2.45) is 12.8 Å². The highest BCUT2D eigenvalue weighted by atomic mass is 32.1. The quantitative estimate of drug-likeness (QED) is 0.267. The SMILES string of the molecule is COc1ccc(OCn2ccc(C(=O)Nc3c(C(N)=O)sc4nc(C(F)F)cc(-c5cn(C)nc5C)c34)n2)cc1. The Morgan fingerprint density at radius 2 is 1.85 bits per heavy atom. The number of aryl methyl sites for hydroxylation is 2. The molecule has 0 saturated heterocycles. The van der Waals surface area contributed by atoms with Gasteiger partial charge in [-0.25, -0.2) is 18.4 Å². The molecule has 4 aromatic heterocycles. The fourth-order valence-corrected chi connectivity index (χ4v) is 5.16. The van der Waals surface area contributed by atoms with Crippen LogP contribution >= 0.6 is 11.3 Å². The molecule has 0 bridgehead atoms. The number of fused-ring (bicyclic) bond motifs is 1. The van der Waals surface area contributed by atoms with Crippen LogP contribution < -0.4 is 20.5 Å². The zero-order valence-corrected chi connectivity index (χ0v) is 22.3. The second-order valence-electron chi connectivity index (χ2n) is 8.69. The summed E-state index contributed by atoms with van der Waals surface area (Å²) in [5.74, 6) is -0.224. The van der Waals surface area contributed by atoms with Crippen molar-refractivity contribution in [1.82, 2.24) is 24.5 Å². The van der Waals surface area contributed by atoms with Crippen LogP contribution in [-0.2, 0) is 13.8 Å². The maximum atomic E-state index is 13.7. The van der Waals surface area contributed by atoms with Gasteiger partial charge in [-0.15, -0.1) is 11.3 Å². The predicted molar refractivity (Wildman–Crippen MR) is 144 cm³/mol. The third-order valence-electron chi connectivity index (χ3n) is 5.97. The number of benzene rings is 1. The molecule has 0 saturated carbocycles. The summed E-state index contributed by atoms with van der Waals surface area (Å²) in [6.07, 6.45) is 0.360. The lowest BCUT2D eigenvalue weighted by molar-refractivity contribution is 0.100. The molecule has 2 amide bonds. The van der Waals surface area contributed by atoms with Crippen molar-refractivity contribution >= 4 is 39.1 Å². The number of nitrogens with one attached hydrogen (secondary N) is 1. The minimum absolute atomic E-state index is 0.0261. The molecular formula is C26H23F2N7O4S. The number of rotatable bonds is 9. The van der Waals surface area contributed by atoms with Crippen molar-refractivity contribution in [3.63, 3.8) is 0 Å². The zero-order valence-electron chi connectivity index (χ0n) is 21.5. The van der Waals surface area contributed by atoms with Crippen LogP contribution in [0.1, 0.15) is 38.0 Å². The van der Waals surface area contributed by atoms with Crippen molar-refractivity contribution in [3.8, 4) is 22.6 Å². The predicted octanol–water partition coefficient (Wildman–Crippen LogP) is 4.54. The van der Waals surface area contributed by atoms with Crippen LogP contribution in [-0.4, -0.2) is 43.5 Å². The third kappa shape index (κ3) is 5.20. The van der Waals surface area contributed by atoms with E-state index in [2.05, 4.69) is 20.5 Å². The summed E-state index contributed by atoms with van der Waals surface area (Å²) < 4.78 is 41.2.